The predicted molar refractivity (Wildman–Crippen MR) is 58.1 cm³/mol. The van der Waals surface area contributed by atoms with Crippen LogP contribution in [-0.4, -0.2) is 5.78 Å². The van der Waals surface area contributed by atoms with Crippen molar-refractivity contribution in [1.29, 1.82) is 0 Å². The normalized spacial score (nSPS) is 29.4. The molecule has 0 aliphatic heterocycles. The highest BCUT2D eigenvalue weighted by Gasteiger charge is 2.50. The Morgan fingerprint density at radius 1 is 1.14 bits per heavy atom. The Morgan fingerprint density at radius 2 is 1.79 bits per heavy atom. The van der Waals surface area contributed by atoms with Crippen molar-refractivity contribution in [2.75, 3.05) is 0 Å². The molecule has 1 heteroatoms. The lowest BCUT2D eigenvalue weighted by atomic mass is 9.53. The minimum atomic E-state index is -0.0139. The van der Waals surface area contributed by atoms with Crippen molar-refractivity contribution in [3.05, 3.63) is 12.2 Å². The zero-order valence-electron chi connectivity index (χ0n) is 9.31. The van der Waals surface area contributed by atoms with Crippen molar-refractivity contribution in [2.24, 2.45) is 10.8 Å². The summed E-state index contributed by atoms with van der Waals surface area (Å²) in [7, 11) is 0. The zero-order valence-corrected chi connectivity index (χ0v) is 9.31. The largest absolute Gasteiger partial charge is 0.294 e. The molecule has 0 heterocycles. The van der Waals surface area contributed by atoms with E-state index >= 15 is 0 Å². The van der Waals surface area contributed by atoms with Gasteiger partial charge in [-0.15, -0.1) is 0 Å². The van der Waals surface area contributed by atoms with Gasteiger partial charge in [0.25, 0.3) is 0 Å². The number of allylic oxidation sites excluding steroid dienone is 2. The average Bonchev–Trinajstić information content (AvgIpc) is 2.16. The summed E-state index contributed by atoms with van der Waals surface area (Å²) in [5.74, 6) is 0.397. The van der Waals surface area contributed by atoms with Gasteiger partial charge in [-0.2, -0.15) is 0 Å². The monoisotopic (exact) mass is 192 g/mol. The Balaban J connectivity index is 2.36. The summed E-state index contributed by atoms with van der Waals surface area (Å²) < 4.78 is 0. The molecule has 1 saturated carbocycles. The summed E-state index contributed by atoms with van der Waals surface area (Å²) in [6, 6.07) is 0. The minimum absolute atomic E-state index is 0.0139. The van der Waals surface area contributed by atoms with E-state index in [-0.39, 0.29) is 10.8 Å². The molecule has 1 fully saturated rings. The fourth-order valence-electron chi connectivity index (χ4n) is 3.23. The highest BCUT2D eigenvalue weighted by Crippen LogP contribution is 2.54. The molecule has 0 N–H and O–H groups in total. The molecule has 1 spiro atoms. The van der Waals surface area contributed by atoms with Crippen molar-refractivity contribution < 1.29 is 4.79 Å². The van der Waals surface area contributed by atoms with E-state index in [0.717, 1.165) is 19.3 Å². The van der Waals surface area contributed by atoms with Gasteiger partial charge in [0, 0.05) is 5.41 Å². The molecule has 0 aromatic heterocycles. The number of carbonyl (C=O) groups is 1. The van der Waals surface area contributed by atoms with Crippen molar-refractivity contribution in [2.45, 2.75) is 52.4 Å². The number of ketones is 1. The lowest BCUT2D eigenvalue weighted by Gasteiger charge is -2.49. The molecule has 0 unspecified atom stereocenters. The predicted octanol–water partition coefficient (Wildman–Crippen LogP) is 3.49. The third-order valence-electron chi connectivity index (χ3n) is 4.37. The number of carbonyl (C=O) groups excluding carboxylic acids is 1. The van der Waals surface area contributed by atoms with Gasteiger partial charge in [-0.3, -0.25) is 4.79 Å². The summed E-state index contributed by atoms with van der Waals surface area (Å²) >= 11 is 0. The lowest BCUT2D eigenvalue weighted by molar-refractivity contribution is -0.135. The Bertz CT molecular complexity index is 267. The van der Waals surface area contributed by atoms with Gasteiger partial charge < -0.3 is 0 Å². The zero-order chi connectivity index (χ0) is 10.2. The summed E-state index contributed by atoms with van der Waals surface area (Å²) in [5, 5.41) is 0. The second-order valence-corrected chi connectivity index (χ2v) is 5.50. The summed E-state index contributed by atoms with van der Waals surface area (Å²) in [5.41, 5.74) is 0.166. The molecule has 0 saturated heterocycles. The average molecular weight is 192 g/mol. The Kier molecular flexibility index (Phi) is 2.29. The Hall–Kier alpha value is -0.590. The van der Waals surface area contributed by atoms with E-state index < -0.39 is 0 Å². The molecule has 78 valence electrons. The molecular weight excluding hydrogens is 172 g/mol. The smallest absolute Gasteiger partial charge is 0.162 e. The first kappa shape index (κ1) is 9.95. The van der Waals surface area contributed by atoms with E-state index in [1.54, 1.807) is 0 Å². The summed E-state index contributed by atoms with van der Waals surface area (Å²) in [6.07, 6.45) is 11.0. The fraction of sp³-hybridized carbons (Fsp3) is 0.769. The molecule has 14 heavy (non-hydrogen) atoms. The van der Waals surface area contributed by atoms with E-state index in [0.29, 0.717) is 5.78 Å². The fourth-order valence-corrected chi connectivity index (χ4v) is 3.23. The van der Waals surface area contributed by atoms with Crippen LogP contribution in [-0.2, 0) is 4.79 Å². The molecule has 1 nitrogen and oxygen atoms in total. The third kappa shape index (κ3) is 1.25. The van der Waals surface area contributed by atoms with E-state index in [2.05, 4.69) is 19.9 Å². The quantitative estimate of drug-likeness (QED) is 0.574. The maximum Gasteiger partial charge on any atom is 0.162 e. The maximum atomic E-state index is 12.1. The van der Waals surface area contributed by atoms with Gasteiger partial charge in [0.15, 0.2) is 5.78 Å². The Labute approximate surface area is 86.6 Å². The molecule has 0 amide bonds. The van der Waals surface area contributed by atoms with Crippen LogP contribution in [0.5, 0.6) is 0 Å². The number of rotatable bonds is 0. The van der Waals surface area contributed by atoms with Crippen LogP contribution >= 0.6 is 0 Å². The van der Waals surface area contributed by atoms with Gasteiger partial charge in [-0.1, -0.05) is 39.2 Å². The van der Waals surface area contributed by atoms with Crippen LogP contribution in [0.4, 0.5) is 0 Å². The first-order valence-electron chi connectivity index (χ1n) is 5.80. The molecule has 2 aliphatic carbocycles. The van der Waals surface area contributed by atoms with Crippen LogP contribution in [0.25, 0.3) is 0 Å². The first-order chi connectivity index (χ1) is 6.58. The first-order valence-corrected chi connectivity index (χ1v) is 5.80. The van der Waals surface area contributed by atoms with Crippen LogP contribution in [0.3, 0.4) is 0 Å². The van der Waals surface area contributed by atoms with Gasteiger partial charge in [0.1, 0.15) is 0 Å². The summed E-state index contributed by atoms with van der Waals surface area (Å²) in [4.78, 5) is 12.1. The SMILES string of the molecule is CC1(C)CC=CC(=O)C12CCCCC2. The van der Waals surface area contributed by atoms with Crippen LogP contribution in [0, 0.1) is 10.8 Å². The number of hydrogen-bond donors (Lipinski definition) is 0. The van der Waals surface area contributed by atoms with Gasteiger partial charge in [-0.25, -0.2) is 0 Å². The lowest BCUT2D eigenvalue weighted by Crippen LogP contribution is -2.47. The summed E-state index contributed by atoms with van der Waals surface area (Å²) in [6.45, 7) is 4.53. The third-order valence-corrected chi connectivity index (χ3v) is 4.37. The van der Waals surface area contributed by atoms with Crippen LogP contribution < -0.4 is 0 Å². The van der Waals surface area contributed by atoms with Crippen LogP contribution in [0.2, 0.25) is 0 Å². The standard InChI is InChI=1S/C13H20O/c1-12(2)8-6-7-11(14)13(12)9-4-3-5-10-13/h6-7H,3-5,8-10H2,1-2H3. The molecule has 0 atom stereocenters. The van der Waals surface area contributed by atoms with Crippen molar-refractivity contribution in [1.82, 2.24) is 0 Å². The van der Waals surface area contributed by atoms with Crippen molar-refractivity contribution in [3.8, 4) is 0 Å². The maximum absolute atomic E-state index is 12.1. The minimum Gasteiger partial charge on any atom is -0.294 e. The Morgan fingerprint density at radius 3 is 2.36 bits per heavy atom. The molecule has 2 aliphatic rings. The highest BCUT2D eigenvalue weighted by molar-refractivity contribution is 5.96. The molecule has 0 radical (unpaired) electrons. The van der Waals surface area contributed by atoms with E-state index in [9.17, 15) is 4.79 Å². The molecule has 2 rings (SSSR count). The van der Waals surface area contributed by atoms with Gasteiger partial charge in [0.05, 0.1) is 0 Å². The number of hydrogen-bond acceptors (Lipinski definition) is 1. The second-order valence-electron chi connectivity index (χ2n) is 5.50. The van der Waals surface area contributed by atoms with Crippen molar-refractivity contribution >= 4 is 5.78 Å². The van der Waals surface area contributed by atoms with Gasteiger partial charge in [0.2, 0.25) is 0 Å². The topological polar surface area (TPSA) is 17.1 Å². The van der Waals surface area contributed by atoms with Gasteiger partial charge in [-0.05, 0) is 30.8 Å². The highest BCUT2D eigenvalue weighted by atomic mass is 16.1. The van der Waals surface area contributed by atoms with Crippen LogP contribution in [0.15, 0.2) is 12.2 Å². The van der Waals surface area contributed by atoms with E-state index in [1.165, 1.54) is 19.3 Å². The van der Waals surface area contributed by atoms with Crippen molar-refractivity contribution in [3.63, 3.8) is 0 Å². The van der Waals surface area contributed by atoms with Crippen LogP contribution in [0.1, 0.15) is 52.4 Å². The van der Waals surface area contributed by atoms with E-state index in [4.69, 9.17) is 0 Å². The van der Waals surface area contributed by atoms with Gasteiger partial charge >= 0.3 is 0 Å². The molecule has 0 aromatic rings. The molecular formula is C13H20O. The molecule has 0 bridgehead atoms. The second kappa shape index (κ2) is 3.22. The van der Waals surface area contributed by atoms with E-state index in [1.807, 2.05) is 6.08 Å². The molecule has 0 aromatic carbocycles.